The summed E-state index contributed by atoms with van der Waals surface area (Å²) in [5.74, 6) is 0.553. The molecule has 28 heavy (non-hydrogen) atoms. The SMILES string of the molecule is CCOC(=O)N1CCC(NC(=O)c2cnc(N3CCCCC3CC)nc2)CC1. The van der Waals surface area contributed by atoms with Crippen molar-refractivity contribution in [2.45, 2.75) is 64.5 Å². The van der Waals surface area contributed by atoms with E-state index in [0.717, 1.165) is 32.2 Å². The normalized spacial score (nSPS) is 20.7. The zero-order valence-corrected chi connectivity index (χ0v) is 16.9. The summed E-state index contributed by atoms with van der Waals surface area (Å²) in [6.45, 7) is 6.52. The van der Waals surface area contributed by atoms with Crippen LogP contribution in [0.3, 0.4) is 0 Å². The number of nitrogens with zero attached hydrogens (tertiary/aromatic N) is 4. The number of hydrogen-bond acceptors (Lipinski definition) is 6. The number of aromatic nitrogens is 2. The molecule has 1 atom stereocenters. The van der Waals surface area contributed by atoms with Crippen LogP contribution in [0.4, 0.5) is 10.7 Å². The molecule has 0 spiro atoms. The molecule has 154 valence electrons. The largest absolute Gasteiger partial charge is 0.450 e. The fourth-order valence-corrected chi connectivity index (χ4v) is 3.97. The van der Waals surface area contributed by atoms with Crippen molar-refractivity contribution in [2.24, 2.45) is 0 Å². The molecule has 2 saturated heterocycles. The summed E-state index contributed by atoms with van der Waals surface area (Å²) >= 11 is 0. The maximum Gasteiger partial charge on any atom is 0.409 e. The number of hydrogen-bond donors (Lipinski definition) is 1. The van der Waals surface area contributed by atoms with Gasteiger partial charge in [0, 0.05) is 44.1 Å². The third kappa shape index (κ3) is 4.91. The molecule has 3 rings (SSSR count). The van der Waals surface area contributed by atoms with Crippen LogP contribution in [-0.2, 0) is 4.74 Å². The lowest BCUT2D eigenvalue weighted by molar-refractivity contribution is 0.0859. The van der Waals surface area contributed by atoms with Crippen LogP contribution in [0.5, 0.6) is 0 Å². The minimum absolute atomic E-state index is 0.0458. The molecule has 2 aliphatic heterocycles. The second-order valence-electron chi connectivity index (χ2n) is 7.46. The van der Waals surface area contributed by atoms with Crippen molar-refractivity contribution in [3.05, 3.63) is 18.0 Å². The van der Waals surface area contributed by atoms with Gasteiger partial charge in [0.1, 0.15) is 0 Å². The average Bonchev–Trinajstić information content (AvgIpc) is 2.74. The summed E-state index contributed by atoms with van der Waals surface area (Å²) in [6, 6.07) is 0.530. The van der Waals surface area contributed by atoms with E-state index in [9.17, 15) is 9.59 Å². The van der Waals surface area contributed by atoms with Gasteiger partial charge in [0.15, 0.2) is 0 Å². The standard InChI is InChI=1S/C20H31N5O3/c1-3-17-7-5-6-10-25(17)19-21-13-15(14-22-19)18(26)23-16-8-11-24(12-9-16)20(27)28-4-2/h13-14,16-17H,3-12H2,1-2H3,(H,23,26). The minimum atomic E-state index is -0.278. The molecule has 8 nitrogen and oxygen atoms in total. The quantitative estimate of drug-likeness (QED) is 0.833. The van der Waals surface area contributed by atoms with E-state index in [1.807, 2.05) is 0 Å². The van der Waals surface area contributed by atoms with Crippen LogP contribution in [0.15, 0.2) is 12.4 Å². The lowest BCUT2D eigenvalue weighted by Gasteiger charge is -2.35. The fourth-order valence-electron chi connectivity index (χ4n) is 3.97. The zero-order chi connectivity index (χ0) is 19.9. The van der Waals surface area contributed by atoms with Gasteiger partial charge in [-0.25, -0.2) is 14.8 Å². The summed E-state index contributed by atoms with van der Waals surface area (Å²) in [4.78, 5) is 37.1. The van der Waals surface area contributed by atoms with Gasteiger partial charge in [-0.1, -0.05) is 6.92 Å². The summed E-state index contributed by atoms with van der Waals surface area (Å²) in [6.07, 6.45) is 9.06. The van der Waals surface area contributed by atoms with Crippen LogP contribution in [0.2, 0.25) is 0 Å². The van der Waals surface area contributed by atoms with E-state index in [1.165, 1.54) is 12.8 Å². The summed E-state index contributed by atoms with van der Waals surface area (Å²) in [5, 5.41) is 3.03. The van der Waals surface area contributed by atoms with Gasteiger partial charge in [0.2, 0.25) is 5.95 Å². The molecule has 0 aromatic carbocycles. The van der Waals surface area contributed by atoms with Crippen LogP contribution >= 0.6 is 0 Å². The molecule has 1 aromatic rings. The number of carbonyl (C=O) groups is 2. The van der Waals surface area contributed by atoms with Gasteiger partial charge in [-0.2, -0.15) is 0 Å². The molecule has 0 radical (unpaired) electrons. The number of anilines is 1. The molecule has 2 amide bonds. The van der Waals surface area contributed by atoms with Crippen molar-refractivity contribution in [1.82, 2.24) is 20.2 Å². The fraction of sp³-hybridized carbons (Fsp3) is 0.700. The number of nitrogens with one attached hydrogen (secondary N) is 1. The Kier molecular flexibility index (Phi) is 7.06. The van der Waals surface area contributed by atoms with E-state index in [4.69, 9.17) is 4.74 Å². The highest BCUT2D eigenvalue weighted by Crippen LogP contribution is 2.23. The number of carbonyl (C=O) groups excluding carboxylic acids is 2. The lowest BCUT2D eigenvalue weighted by Crippen LogP contribution is -2.46. The first-order valence-corrected chi connectivity index (χ1v) is 10.4. The minimum Gasteiger partial charge on any atom is -0.450 e. The highest BCUT2D eigenvalue weighted by atomic mass is 16.6. The summed E-state index contributed by atoms with van der Waals surface area (Å²) < 4.78 is 5.02. The number of rotatable bonds is 5. The van der Waals surface area contributed by atoms with Crippen molar-refractivity contribution in [2.75, 3.05) is 31.1 Å². The first-order chi connectivity index (χ1) is 13.6. The molecule has 0 aliphatic carbocycles. The zero-order valence-electron chi connectivity index (χ0n) is 16.9. The van der Waals surface area contributed by atoms with Gasteiger partial charge in [-0.15, -0.1) is 0 Å². The average molecular weight is 390 g/mol. The predicted molar refractivity (Wildman–Crippen MR) is 106 cm³/mol. The monoisotopic (exact) mass is 389 g/mol. The van der Waals surface area contributed by atoms with Gasteiger partial charge in [0.05, 0.1) is 12.2 Å². The maximum absolute atomic E-state index is 12.5. The van der Waals surface area contributed by atoms with Crippen molar-refractivity contribution >= 4 is 17.9 Å². The Hall–Kier alpha value is -2.38. The predicted octanol–water partition coefficient (Wildman–Crippen LogP) is 2.60. The van der Waals surface area contributed by atoms with Crippen LogP contribution in [0.25, 0.3) is 0 Å². The Bertz CT molecular complexity index is 658. The van der Waals surface area contributed by atoms with E-state index < -0.39 is 0 Å². The van der Waals surface area contributed by atoms with Crippen LogP contribution in [0, 0.1) is 0 Å². The number of ether oxygens (including phenoxy) is 1. The Labute approximate surface area is 166 Å². The number of piperidine rings is 2. The topological polar surface area (TPSA) is 87.7 Å². The third-order valence-corrected chi connectivity index (χ3v) is 5.61. The van der Waals surface area contributed by atoms with Gasteiger partial charge >= 0.3 is 6.09 Å². The molecule has 8 heteroatoms. The van der Waals surface area contributed by atoms with Crippen molar-refractivity contribution in [3.63, 3.8) is 0 Å². The van der Waals surface area contributed by atoms with Crippen LogP contribution in [-0.4, -0.2) is 65.2 Å². The van der Waals surface area contributed by atoms with Crippen molar-refractivity contribution < 1.29 is 14.3 Å². The molecule has 0 bridgehead atoms. The Balaban J connectivity index is 1.52. The molecule has 1 aromatic heterocycles. The Morgan fingerprint density at radius 2 is 1.82 bits per heavy atom. The van der Waals surface area contributed by atoms with E-state index in [-0.39, 0.29) is 18.0 Å². The molecule has 2 fully saturated rings. The number of likely N-dealkylation sites (tertiary alicyclic amines) is 1. The molecular formula is C20H31N5O3. The van der Waals surface area contributed by atoms with Crippen LogP contribution in [0.1, 0.15) is 62.7 Å². The highest BCUT2D eigenvalue weighted by Gasteiger charge is 2.26. The van der Waals surface area contributed by atoms with Crippen molar-refractivity contribution in [3.8, 4) is 0 Å². The molecule has 2 aliphatic rings. The smallest absolute Gasteiger partial charge is 0.409 e. The van der Waals surface area contributed by atoms with E-state index in [0.29, 0.717) is 37.3 Å². The van der Waals surface area contributed by atoms with Gasteiger partial charge < -0.3 is 19.9 Å². The molecule has 3 heterocycles. The van der Waals surface area contributed by atoms with Crippen LogP contribution < -0.4 is 10.2 Å². The molecule has 1 unspecified atom stereocenters. The first kappa shape index (κ1) is 20.4. The second-order valence-corrected chi connectivity index (χ2v) is 7.46. The Morgan fingerprint density at radius 3 is 2.46 bits per heavy atom. The molecule has 0 saturated carbocycles. The van der Waals surface area contributed by atoms with Gasteiger partial charge in [-0.3, -0.25) is 4.79 Å². The number of amides is 2. The first-order valence-electron chi connectivity index (χ1n) is 10.4. The summed E-state index contributed by atoms with van der Waals surface area (Å²) in [5.41, 5.74) is 0.474. The van der Waals surface area contributed by atoms with E-state index >= 15 is 0 Å². The van der Waals surface area contributed by atoms with Gasteiger partial charge in [0.25, 0.3) is 5.91 Å². The Morgan fingerprint density at radius 1 is 1.11 bits per heavy atom. The second kappa shape index (κ2) is 9.71. The van der Waals surface area contributed by atoms with Gasteiger partial charge in [-0.05, 0) is 45.4 Å². The molecular weight excluding hydrogens is 358 g/mol. The lowest BCUT2D eigenvalue weighted by atomic mass is 10.0. The van der Waals surface area contributed by atoms with Crippen molar-refractivity contribution in [1.29, 1.82) is 0 Å². The van der Waals surface area contributed by atoms with E-state index in [2.05, 4.69) is 27.1 Å². The maximum atomic E-state index is 12.5. The summed E-state index contributed by atoms with van der Waals surface area (Å²) in [7, 11) is 0. The molecule has 1 N–H and O–H groups in total. The van der Waals surface area contributed by atoms with E-state index in [1.54, 1.807) is 24.2 Å². The highest BCUT2D eigenvalue weighted by molar-refractivity contribution is 5.93. The third-order valence-electron chi connectivity index (χ3n) is 5.61.